The van der Waals surface area contributed by atoms with Crippen LogP contribution < -0.4 is 10.5 Å². The molecule has 5 heteroatoms. The van der Waals surface area contributed by atoms with Crippen LogP contribution in [0.4, 0.5) is 0 Å². The predicted octanol–water partition coefficient (Wildman–Crippen LogP) is 2.89. The zero-order valence-electron chi connectivity index (χ0n) is 11.6. The van der Waals surface area contributed by atoms with Crippen molar-refractivity contribution >= 4 is 17.6 Å². The van der Waals surface area contributed by atoms with Crippen LogP contribution in [0, 0.1) is 5.41 Å². The molecule has 1 aromatic rings. The number of hydrogen-bond acceptors (Lipinski definition) is 4. The van der Waals surface area contributed by atoms with Crippen molar-refractivity contribution in [3.05, 3.63) is 23.8 Å². The Bertz CT molecular complexity index is 410. The van der Waals surface area contributed by atoms with E-state index in [2.05, 4.69) is 6.92 Å². The molecule has 0 unspecified atom stereocenters. The van der Waals surface area contributed by atoms with Crippen molar-refractivity contribution in [3.8, 4) is 5.75 Å². The minimum atomic E-state index is 0.0341. The van der Waals surface area contributed by atoms with E-state index >= 15 is 0 Å². The standard InChI is InChI=1S/C14H22N2O2S/c1-3-4-8-17-9-10-18-11-6-5-7-12(19-2)13(11)14(15)16/h5-7H,3-4,8-10H2,1-2H3,(H3,15,16). The number of nitrogens with two attached hydrogens (primary N) is 1. The fourth-order valence-electron chi connectivity index (χ4n) is 1.63. The van der Waals surface area contributed by atoms with Gasteiger partial charge in [0.2, 0.25) is 0 Å². The first-order valence-electron chi connectivity index (χ1n) is 6.42. The van der Waals surface area contributed by atoms with Crippen LogP contribution in [0.2, 0.25) is 0 Å². The lowest BCUT2D eigenvalue weighted by Crippen LogP contribution is -2.16. The van der Waals surface area contributed by atoms with Gasteiger partial charge in [-0.25, -0.2) is 0 Å². The Labute approximate surface area is 119 Å². The fourth-order valence-corrected chi connectivity index (χ4v) is 2.26. The molecule has 0 aromatic heterocycles. The normalized spacial score (nSPS) is 10.4. The molecule has 19 heavy (non-hydrogen) atoms. The Kier molecular flexibility index (Phi) is 7.36. The molecule has 0 spiro atoms. The molecule has 1 rings (SSSR count). The van der Waals surface area contributed by atoms with E-state index in [4.69, 9.17) is 20.6 Å². The Hall–Kier alpha value is -1.20. The summed E-state index contributed by atoms with van der Waals surface area (Å²) in [6.07, 6.45) is 4.16. The van der Waals surface area contributed by atoms with Gasteiger partial charge in [-0.2, -0.15) is 0 Å². The zero-order chi connectivity index (χ0) is 14.1. The Morgan fingerprint density at radius 2 is 2.11 bits per heavy atom. The first-order chi connectivity index (χ1) is 9.20. The van der Waals surface area contributed by atoms with Crippen molar-refractivity contribution in [3.63, 3.8) is 0 Å². The van der Waals surface area contributed by atoms with Crippen LogP contribution in [0.15, 0.2) is 23.1 Å². The molecule has 0 bridgehead atoms. The number of ether oxygens (including phenoxy) is 2. The van der Waals surface area contributed by atoms with Crippen molar-refractivity contribution < 1.29 is 9.47 Å². The molecule has 0 aliphatic heterocycles. The lowest BCUT2D eigenvalue weighted by molar-refractivity contribution is 0.0979. The molecule has 0 aliphatic carbocycles. The molecular formula is C14H22N2O2S. The number of benzene rings is 1. The van der Waals surface area contributed by atoms with E-state index in [9.17, 15) is 0 Å². The van der Waals surface area contributed by atoms with Crippen LogP contribution in [0.5, 0.6) is 5.75 Å². The monoisotopic (exact) mass is 282 g/mol. The summed E-state index contributed by atoms with van der Waals surface area (Å²) in [7, 11) is 0. The van der Waals surface area contributed by atoms with E-state index in [1.165, 1.54) is 0 Å². The van der Waals surface area contributed by atoms with E-state index in [0.29, 0.717) is 24.5 Å². The summed E-state index contributed by atoms with van der Waals surface area (Å²) in [6, 6.07) is 5.68. The Morgan fingerprint density at radius 3 is 2.74 bits per heavy atom. The maximum absolute atomic E-state index is 7.64. The Balaban J connectivity index is 2.55. The smallest absolute Gasteiger partial charge is 0.131 e. The van der Waals surface area contributed by atoms with Gasteiger partial charge >= 0.3 is 0 Å². The van der Waals surface area contributed by atoms with Gasteiger partial charge in [0.05, 0.1) is 12.2 Å². The zero-order valence-corrected chi connectivity index (χ0v) is 12.4. The highest BCUT2D eigenvalue weighted by Crippen LogP contribution is 2.28. The quantitative estimate of drug-likeness (QED) is 0.316. The van der Waals surface area contributed by atoms with Crippen molar-refractivity contribution in [2.45, 2.75) is 24.7 Å². The second kappa shape index (κ2) is 8.82. The van der Waals surface area contributed by atoms with E-state index < -0.39 is 0 Å². The van der Waals surface area contributed by atoms with Crippen molar-refractivity contribution in [1.82, 2.24) is 0 Å². The summed E-state index contributed by atoms with van der Waals surface area (Å²) in [5, 5.41) is 7.64. The SMILES string of the molecule is CCCCOCCOc1cccc(SC)c1C(=N)N. The summed E-state index contributed by atoms with van der Waals surface area (Å²) in [4.78, 5) is 0.955. The fraction of sp³-hybridized carbons (Fsp3) is 0.500. The molecular weight excluding hydrogens is 260 g/mol. The number of thioether (sulfide) groups is 1. The first-order valence-corrected chi connectivity index (χ1v) is 7.65. The lowest BCUT2D eigenvalue weighted by Gasteiger charge is -2.13. The number of unbranched alkanes of at least 4 members (excludes halogenated alkanes) is 1. The molecule has 4 nitrogen and oxygen atoms in total. The average Bonchev–Trinajstić information content (AvgIpc) is 2.42. The summed E-state index contributed by atoms with van der Waals surface area (Å²) in [6.45, 7) is 3.93. The van der Waals surface area contributed by atoms with Crippen LogP contribution in [-0.4, -0.2) is 31.9 Å². The number of nitrogens with one attached hydrogen (secondary N) is 1. The van der Waals surface area contributed by atoms with E-state index in [0.717, 1.165) is 24.3 Å². The van der Waals surface area contributed by atoms with Crippen LogP contribution in [0.1, 0.15) is 25.3 Å². The minimum absolute atomic E-state index is 0.0341. The van der Waals surface area contributed by atoms with Crippen LogP contribution in [-0.2, 0) is 4.74 Å². The van der Waals surface area contributed by atoms with Crippen LogP contribution >= 0.6 is 11.8 Å². The molecule has 0 amide bonds. The van der Waals surface area contributed by atoms with E-state index in [1.807, 2.05) is 24.5 Å². The maximum Gasteiger partial charge on any atom is 0.131 e. The highest BCUT2D eigenvalue weighted by Gasteiger charge is 2.11. The molecule has 0 saturated carbocycles. The molecule has 1 aromatic carbocycles. The number of rotatable bonds is 9. The average molecular weight is 282 g/mol. The molecule has 0 radical (unpaired) electrons. The van der Waals surface area contributed by atoms with Crippen LogP contribution in [0.3, 0.4) is 0 Å². The van der Waals surface area contributed by atoms with Crippen LogP contribution in [0.25, 0.3) is 0 Å². The van der Waals surface area contributed by atoms with Gasteiger partial charge in [-0.1, -0.05) is 19.4 Å². The number of amidine groups is 1. The largest absolute Gasteiger partial charge is 0.490 e. The summed E-state index contributed by atoms with van der Waals surface area (Å²) < 4.78 is 11.1. The van der Waals surface area contributed by atoms with Gasteiger partial charge in [-0.15, -0.1) is 11.8 Å². The van der Waals surface area contributed by atoms with Gasteiger partial charge in [-0.05, 0) is 24.8 Å². The van der Waals surface area contributed by atoms with Gasteiger partial charge < -0.3 is 15.2 Å². The number of hydrogen-bond donors (Lipinski definition) is 2. The molecule has 0 saturated heterocycles. The second-order valence-corrected chi connectivity index (χ2v) is 4.91. The molecule has 0 aliphatic rings. The third kappa shape index (κ3) is 5.12. The van der Waals surface area contributed by atoms with Gasteiger partial charge in [0.1, 0.15) is 18.2 Å². The minimum Gasteiger partial charge on any atom is -0.490 e. The molecule has 106 valence electrons. The highest BCUT2D eigenvalue weighted by molar-refractivity contribution is 7.98. The predicted molar refractivity (Wildman–Crippen MR) is 80.5 cm³/mol. The van der Waals surface area contributed by atoms with Gasteiger partial charge in [0.25, 0.3) is 0 Å². The third-order valence-electron chi connectivity index (χ3n) is 2.60. The first kappa shape index (κ1) is 15.9. The number of nitrogen functional groups attached to an aromatic ring is 1. The topological polar surface area (TPSA) is 68.3 Å². The van der Waals surface area contributed by atoms with Crippen molar-refractivity contribution in [2.75, 3.05) is 26.1 Å². The summed E-state index contributed by atoms with van der Waals surface area (Å²) in [5.41, 5.74) is 6.29. The molecule has 0 heterocycles. The van der Waals surface area contributed by atoms with Crippen molar-refractivity contribution in [2.24, 2.45) is 5.73 Å². The van der Waals surface area contributed by atoms with Gasteiger partial charge in [0.15, 0.2) is 0 Å². The second-order valence-electron chi connectivity index (χ2n) is 4.06. The van der Waals surface area contributed by atoms with Gasteiger partial charge in [-0.3, -0.25) is 5.41 Å². The maximum atomic E-state index is 7.64. The highest BCUT2D eigenvalue weighted by atomic mass is 32.2. The molecule has 3 N–H and O–H groups in total. The molecule has 0 fully saturated rings. The van der Waals surface area contributed by atoms with E-state index in [-0.39, 0.29) is 5.84 Å². The third-order valence-corrected chi connectivity index (χ3v) is 3.38. The molecule has 0 atom stereocenters. The Morgan fingerprint density at radius 1 is 1.32 bits per heavy atom. The summed E-state index contributed by atoms with van der Waals surface area (Å²) >= 11 is 1.56. The van der Waals surface area contributed by atoms with Gasteiger partial charge in [0, 0.05) is 11.5 Å². The van der Waals surface area contributed by atoms with Crippen molar-refractivity contribution in [1.29, 1.82) is 5.41 Å². The summed E-state index contributed by atoms with van der Waals surface area (Å²) in [5.74, 6) is 0.685. The van der Waals surface area contributed by atoms with E-state index in [1.54, 1.807) is 11.8 Å². The lowest BCUT2D eigenvalue weighted by atomic mass is 10.2.